The third-order valence-electron chi connectivity index (χ3n) is 6.03. The average Bonchev–Trinajstić information content (AvgIpc) is 3.26. The number of fused-ring (bicyclic) bond motifs is 1. The molecule has 1 amide bonds. The fourth-order valence-corrected chi connectivity index (χ4v) is 4.25. The summed E-state index contributed by atoms with van der Waals surface area (Å²) in [7, 11) is 0. The lowest BCUT2D eigenvalue weighted by Gasteiger charge is -2.22. The lowest BCUT2D eigenvalue weighted by molar-refractivity contribution is 0.0945. The molecule has 0 bridgehead atoms. The highest BCUT2D eigenvalue weighted by molar-refractivity contribution is 5.94. The minimum atomic E-state index is -0.0409. The quantitative estimate of drug-likeness (QED) is 0.419. The third kappa shape index (κ3) is 4.88. The fraction of sp³-hybridized carbons (Fsp3) is 0.269. The maximum absolute atomic E-state index is 12.5. The molecule has 5 rings (SSSR count). The van der Waals surface area contributed by atoms with E-state index in [1.54, 1.807) is 0 Å². The van der Waals surface area contributed by atoms with Crippen LogP contribution in [-0.2, 0) is 0 Å². The van der Waals surface area contributed by atoms with Crippen molar-refractivity contribution in [1.29, 1.82) is 0 Å². The summed E-state index contributed by atoms with van der Waals surface area (Å²) in [5.41, 5.74) is 5.52. The van der Waals surface area contributed by atoms with Crippen molar-refractivity contribution < 1.29 is 4.79 Å². The first-order valence-corrected chi connectivity index (χ1v) is 11.4. The summed E-state index contributed by atoms with van der Waals surface area (Å²) in [5.74, 6) is 0.979. The average molecular weight is 441 g/mol. The van der Waals surface area contributed by atoms with Gasteiger partial charge in [0.05, 0.1) is 5.69 Å². The van der Waals surface area contributed by atoms with Gasteiger partial charge in [0.15, 0.2) is 5.65 Å². The van der Waals surface area contributed by atoms with Gasteiger partial charge in [-0.25, -0.2) is 4.52 Å². The second kappa shape index (κ2) is 9.42. The van der Waals surface area contributed by atoms with Gasteiger partial charge in [0.1, 0.15) is 0 Å². The molecule has 0 radical (unpaired) electrons. The van der Waals surface area contributed by atoms with Crippen molar-refractivity contribution in [3.8, 4) is 11.3 Å². The number of carbonyl (C=O) groups excluding carboxylic acids is 1. The molecule has 1 aliphatic rings. The lowest BCUT2D eigenvalue weighted by atomic mass is 9.99. The minimum Gasteiger partial charge on any atom is -0.352 e. The minimum absolute atomic E-state index is 0.0409. The monoisotopic (exact) mass is 440 g/mol. The van der Waals surface area contributed by atoms with E-state index in [0.717, 1.165) is 42.1 Å². The van der Waals surface area contributed by atoms with Gasteiger partial charge in [0.2, 0.25) is 5.95 Å². The normalized spacial score (nSPS) is 16.0. The van der Waals surface area contributed by atoms with Crippen molar-refractivity contribution in [3.63, 3.8) is 0 Å². The Bertz CT molecular complexity index is 1260. The molecule has 0 aliphatic carbocycles. The van der Waals surface area contributed by atoms with Crippen molar-refractivity contribution in [1.82, 2.24) is 25.2 Å². The predicted octanol–water partition coefficient (Wildman–Crippen LogP) is 4.18. The smallest absolute Gasteiger partial charge is 0.251 e. The molecule has 168 valence electrons. The van der Waals surface area contributed by atoms with Gasteiger partial charge in [-0.05, 0) is 81.2 Å². The molecule has 1 saturated heterocycles. The Morgan fingerprint density at radius 1 is 1.12 bits per heavy atom. The molecular formula is C26H28N6O. The first-order chi connectivity index (χ1) is 16.2. The molecular weight excluding hydrogens is 412 g/mol. The van der Waals surface area contributed by atoms with Gasteiger partial charge in [-0.15, -0.1) is 5.10 Å². The second-order valence-corrected chi connectivity index (χ2v) is 8.61. The van der Waals surface area contributed by atoms with Crippen LogP contribution in [0.1, 0.15) is 28.8 Å². The maximum atomic E-state index is 12.5. The SMILES string of the molecule is Cc1cccc(-c2cccc3nc(Nc4ccc(C(=O)NCC5CCCNC5)cc4)nn23)c1. The molecule has 0 spiro atoms. The number of nitrogens with zero attached hydrogens (tertiary/aromatic N) is 3. The summed E-state index contributed by atoms with van der Waals surface area (Å²) in [4.78, 5) is 17.1. The number of amides is 1. The molecule has 0 saturated carbocycles. The number of benzene rings is 2. The first-order valence-electron chi connectivity index (χ1n) is 11.4. The second-order valence-electron chi connectivity index (χ2n) is 8.61. The zero-order chi connectivity index (χ0) is 22.6. The Kier molecular flexibility index (Phi) is 6.04. The van der Waals surface area contributed by atoms with Crippen molar-refractivity contribution in [3.05, 3.63) is 77.9 Å². The maximum Gasteiger partial charge on any atom is 0.251 e. The van der Waals surface area contributed by atoms with E-state index in [9.17, 15) is 4.79 Å². The Balaban J connectivity index is 1.28. The van der Waals surface area contributed by atoms with Crippen LogP contribution in [0.15, 0.2) is 66.7 Å². The van der Waals surface area contributed by atoms with Crippen molar-refractivity contribution >= 4 is 23.2 Å². The summed E-state index contributed by atoms with van der Waals surface area (Å²) in [6.45, 7) is 4.84. The van der Waals surface area contributed by atoms with Crippen LogP contribution >= 0.6 is 0 Å². The Morgan fingerprint density at radius 2 is 1.97 bits per heavy atom. The number of piperidine rings is 1. The molecule has 3 N–H and O–H groups in total. The zero-order valence-corrected chi connectivity index (χ0v) is 18.7. The highest BCUT2D eigenvalue weighted by Crippen LogP contribution is 2.23. The molecule has 2 aromatic heterocycles. The molecule has 1 atom stereocenters. The first kappa shape index (κ1) is 21.2. The van der Waals surface area contributed by atoms with Crippen LogP contribution in [0, 0.1) is 12.8 Å². The molecule has 7 nitrogen and oxygen atoms in total. The topological polar surface area (TPSA) is 83.3 Å². The van der Waals surface area contributed by atoms with Crippen LogP contribution in [0.25, 0.3) is 16.9 Å². The highest BCUT2D eigenvalue weighted by atomic mass is 16.1. The van der Waals surface area contributed by atoms with Gasteiger partial charge in [0.25, 0.3) is 5.91 Å². The standard InChI is InChI=1S/C26H28N6O/c1-18-5-2-7-21(15-18)23-8-3-9-24-30-26(31-32(23)24)29-22-12-10-20(11-13-22)25(33)28-17-19-6-4-14-27-16-19/h2-3,5,7-13,15,19,27H,4,6,14,16-17H2,1H3,(H,28,33)(H,29,31). The third-order valence-corrected chi connectivity index (χ3v) is 6.03. The van der Waals surface area contributed by atoms with Gasteiger partial charge in [-0.1, -0.05) is 29.8 Å². The van der Waals surface area contributed by atoms with E-state index in [-0.39, 0.29) is 5.91 Å². The number of hydrogen-bond acceptors (Lipinski definition) is 5. The van der Waals surface area contributed by atoms with Crippen molar-refractivity contribution in [2.24, 2.45) is 5.92 Å². The number of aryl methyl sites for hydroxylation is 1. The number of hydrogen-bond donors (Lipinski definition) is 3. The summed E-state index contributed by atoms with van der Waals surface area (Å²) >= 11 is 0. The number of anilines is 2. The van der Waals surface area contributed by atoms with Crippen molar-refractivity contribution in [2.45, 2.75) is 19.8 Å². The summed E-state index contributed by atoms with van der Waals surface area (Å²) < 4.78 is 1.85. The Morgan fingerprint density at radius 3 is 2.76 bits per heavy atom. The van der Waals surface area contributed by atoms with E-state index in [1.165, 1.54) is 12.0 Å². The van der Waals surface area contributed by atoms with Crippen LogP contribution in [0.4, 0.5) is 11.6 Å². The van der Waals surface area contributed by atoms with E-state index in [1.807, 2.05) is 53.0 Å². The van der Waals surface area contributed by atoms with E-state index >= 15 is 0 Å². The van der Waals surface area contributed by atoms with Crippen LogP contribution < -0.4 is 16.0 Å². The lowest BCUT2D eigenvalue weighted by Crippen LogP contribution is -2.38. The molecule has 4 aromatic rings. The van der Waals surface area contributed by atoms with Crippen LogP contribution in [0.5, 0.6) is 0 Å². The summed E-state index contributed by atoms with van der Waals surface area (Å²) in [5, 5.41) is 14.3. The fourth-order valence-electron chi connectivity index (χ4n) is 4.25. The predicted molar refractivity (Wildman–Crippen MR) is 131 cm³/mol. The molecule has 1 unspecified atom stereocenters. The molecule has 1 fully saturated rings. The molecule has 1 aliphatic heterocycles. The van der Waals surface area contributed by atoms with E-state index < -0.39 is 0 Å². The van der Waals surface area contributed by atoms with Crippen molar-refractivity contribution in [2.75, 3.05) is 25.0 Å². The van der Waals surface area contributed by atoms with Gasteiger partial charge < -0.3 is 16.0 Å². The number of carbonyl (C=O) groups is 1. The van der Waals surface area contributed by atoms with E-state index in [2.05, 4.69) is 51.2 Å². The Labute approximate surface area is 193 Å². The van der Waals surface area contributed by atoms with E-state index in [4.69, 9.17) is 0 Å². The number of rotatable bonds is 6. The summed E-state index contributed by atoms with van der Waals surface area (Å²) in [6, 6.07) is 21.7. The molecule has 3 heterocycles. The van der Waals surface area contributed by atoms with Gasteiger partial charge in [-0.2, -0.15) is 4.98 Å². The van der Waals surface area contributed by atoms with E-state index in [0.29, 0.717) is 24.0 Å². The molecule has 33 heavy (non-hydrogen) atoms. The highest BCUT2D eigenvalue weighted by Gasteiger charge is 2.15. The summed E-state index contributed by atoms with van der Waals surface area (Å²) in [6.07, 6.45) is 2.33. The number of aromatic nitrogens is 3. The van der Waals surface area contributed by atoms with Gasteiger partial charge in [-0.3, -0.25) is 4.79 Å². The largest absolute Gasteiger partial charge is 0.352 e. The van der Waals surface area contributed by atoms with Gasteiger partial charge >= 0.3 is 0 Å². The molecule has 7 heteroatoms. The number of pyridine rings is 1. The Hall–Kier alpha value is -3.71. The van der Waals surface area contributed by atoms with Gasteiger partial charge in [0, 0.05) is 23.4 Å². The van der Waals surface area contributed by atoms with Crippen LogP contribution in [0.3, 0.4) is 0 Å². The van der Waals surface area contributed by atoms with Crippen LogP contribution in [-0.4, -0.2) is 40.1 Å². The molecule has 2 aromatic carbocycles. The zero-order valence-electron chi connectivity index (χ0n) is 18.7. The van der Waals surface area contributed by atoms with Crippen LogP contribution in [0.2, 0.25) is 0 Å². The number of nitrogens with one attached hydrogen (secondary N) is 3.